The molecule has 2 atom stereocenters. The third kappa shape index (κ3) is 9.24. The highest BCUT2D eigenvalue weighted by Crippen LogP contribution is 2.21. The summed E-state index contributed by atoms with van der Waals surface area (Å²) in [5, 5.41) is 1.30. The summed E-state index contributed by atoms with van der Waals surface area (Å²) in [7, 11) is 0. The van der Waals surface area contributed by atoms with Crippen LogP contribution in [0.25, 0.3) is 0 Å². The maximum Gasteiger partial charge on any atom is 0.410 e. The summed E-state index contributed by atoms with van der Waals surface area (Å²) in [6.07, 6.45) is 2.22. The normalized spacial score (nSPS) is 16.1. The Bertz CT molecular complexity index is 1610. The van der Waals surface area contributed by atoms with Gasteiger partial charge in [-0.15, -0.1) is 0 Å². The van der Waals surface area contributed by atoms with Crippen LogP contribution in [0.4, 0.5) is 9.59 Å². The van der Waals surface area contributed by atoms with Crippen molar-refractivity contribution >= 4 is 35.4 Å². The van der Waals surface area contributed by atoms with Gasteiger partial charge in [-0.25, -0.2) is 9.59 Å². The molecule has 10 nitrogen and oxygen atoms in total. The monoisotopic (exact) mass is 664 g/mol. The van der Waals surface area contributed by atoms with Crippen LogP contribution in [0.2, 0.25) is 10.0 Å². The van der Waals surface area contributed by atoms with Crippen LogP contribution in [0.3, 0.4) is 0 Å². The average molecular weight is 666 g/mol. The molecule has 0 spiro atoms. The number of amides is 2. The number of carbonyl (C=O) groups is 2. The average Bonchev–Trinajstić information content (AvgIpc) is 3.05. The van der Waals surface area contributed by atoms with Crippen molar-refractivity contribution < 1.29 is 28.5 Å². The van der Waals surface area contributed by atoms with Crippen molar-refractivity contribution in [1.82, 2.24) is 19.8 Å². The summed E-state index contributed by atoms with van der Waals surface area (Å²) >= 11 is 12.0. The van der Waals surface area contributed by atoms with E-state index < -0.39 is 12.2 Å². The van der Waals surface area contributed by atoms with Crippen molar-refractivity contribution in [2.75, 3.05) is 13.1 Å². The fourth-order valence-electron chi connectivity index (χ4n) is 5.02. The molecule has 2 aromatic carbocycles. The molecule has 46 heavy (non-hydrogen) atoms. The molecule has 1 saturated heterocycles. The van der Waals surface area contributed by atoms with E-state index in [1.807, 2.05) is 50.2 Å². The number of piperazine rings is 1. The minimum absolute atomic E-state index is 0.00649. The standard InChI is InChI=1S/C34H34Cl2N4O6/c1-23-17-39(33(41)45-21-29-9-11-31(15-37-29)43-19-25-5-3-7-27(35)13-25)18-24(2)40(23)34(42)46-22-30-10-12-32(16-38-30)44-20-26-6-4-8-28(36)14-26/h3-16,23-24H,17-22H2,1-2H3. The Labute approximate surface area is 277 Å². The first-order valence-corrected chi connectivity index (χ1v) is 15.5. The van der Waals surface area contributed by atoms with Gasteiger partial charge in [-0.3, -0.25) is 14.9 Å². The predicted molar refractivity (Wildman–Crippen MR) is 173 cm³/mol. The van der Waals surface area contributed by atoms with Gasteiger partial charge < -0.3 is 23.8 Å². The van der Waals surface area contributed by atoms with Crippen LogP contribution in [0.5, 0.6) is 11.5 Å². The van der Waals surface area contributed by atoms with Crippen molar-refractivity contribution in [1.29, 1.82) is 0 Å². The van der Waals surface area contributed by atoms with Crippen LogP contribution in [-0.4, -0.2) is 57.1 Å². The van der Waals surface area contributed by atoms with Crippen molar-refractivity contribution in [3.63, 3.8) is 0 Å². The highest BCUT2D eigenvalue weighted by molar-refractivity contribution is 6.30. The third-order valence-electron chi connectivity index (χ3n) is 7.26. The fourth-order valence-corrected chi connectivity index (χ4v) is 5.44. The van der Waals surface area contributed by atoms with Crippen molar-refractivity contribution in [2.45, 2.75) is 52.4 Å². The maximum absolute atomic E-state index is 13.0. The molecule has 3 heterocycles. The van der Waals surface area contributed by atoms with Crippen molar-refractivity contribution in [2.24, 2.45) is 0 Å². The summed E-state index contributed by atoms with van der Waals surface area (Å²) in [4.78, 5) is 37.7. The molecule has 12 heteroatoms. The van der Waals surface area contributed by atoms with Crippen LogP contribution >= 0.6 is 23.2 Å². The topological polar surface area (TPSA) is 103 Å². The lowest BCUT2D eigenvalue weighted by Crippen LogP contribution is -2.59. The maximum atomic E-state index is 13.0. The Morgan fingerprint density at radius 1 is 0.696 bits per heavy atom. The van der Waals surface area contributed by atoms with Gasteiger partial charge in [-0.1, -0.05) is 47.5 Å². The molecule has 1 fully saturated rings. The molecule has 0 saturated carbocycles. The molecule has 0 N–H and O–H groups in total. The Kier molecular flexibility index (Phi) is 11.2. The van der Waals surface area contributed by atoms with E-state index in [2.05, 4.69) is 9.97 Å². The molecule has 2 amide bonds. The van der Waals surface area contributed by atoms with Gasteiger partial charge in [-0.2, -0.15) is 0 Å². The molecule has 0 radical (unpaired) electrons. The SMILES string of the molecule is CC1CN(C(=O)OCc2ccc(OCc3cccc(Cl)c3)cn2)CC(C)N1C(=O)OCc1ccc(OCc2cccc(Cl)c2)cn1. The van der Waals surface area contributed by atoms with Crippen LogP contribution in [0.15, 0.2) is 85.2 Å². The van der Waals surface area contributed by atoms with E-state index in [1.165, 1.54) is 0 Å². The zero-order chi connectivity index (χ0) is 32.5. The van der Waals surface area contributed by atoms with Gasteiger partial charge >= 0.3 is 12.2 Å². The molecule has 240 valence electrons. The second kappa shape index (κ2) is 15.6. The number of hydrogen-bond acceptors (Lipinski definition) is 8. The summed E-state index contributed by atoms with van der Waals surface area (Å²) in [5.74, 6) is 1.18. The van der Waals surface area contributed by atoms with Crippen LogP contribution < -0.4 is 9.47 Å². The van der Waals surface area contributed by atoms with E-state index in [4.69, 9.17) is 42.1 Å². The number of nitrogens with zero attached hydrogens (tertiary/aromatic N) is 4. The first kappa shape index (κ1) is 32.8. The Hall–Kier alpha value is -4.54. The number of aromatic nitrogens is 2. The molecule has 1 aliphatic heterocycles. The minimum atomic E-state index is -0.475. The Balaban J connectivity index is 1.03. The summed E-state index contributed by atoms with van der Waals surface area (Å²) < 4.78 is 22.6. The van der Waals surface area contributed by atoms with Gasteiger partial charge in [0.1, 0.15) is 37.9 Å². The summed E-state index contributed by atoms with van der Waals surface area (Å²) in [5.41, 5.74) is 3.06. The van der Waals surface area contributed by atoms with Gasteiger partial charge in [0, 0.05) is 23.1 Å². The molecule has 4 aromatic rings. The minimum Gasteiger partial charge on any atom is -0.487 e. The van der Waals surface area contributed by atoms with E-state index in [1.54, 1.807) is 58.6 Å². The first-order valence-electron chi connectivity index (χ1n) is 14.7. The smallest absolute Gasteiger partial charge is 0.410 e. The van der Waals surface area contributed by atoms with Gasteiger partial charge in [0.25, 0.3) is 0 Å². The number of benzene rings is 2. The lowest BCUT2D eigenvalue weighted by atomic mass is 10.1. The lowest BCUT2D eigenvalue weighted by molar-refractivity contribution is 0.0139. The number of ether oxygens (including phenoxy) is 4. The fraction of sp³-hybridized carbons (Fsp3) is 0.294. The van der Waals surface area contributed by atoms with Gasteiger partial charge in [-0.05, 0) is 73.5 Å². The highest BCUT2D eigenvalue weighted by Gasteiger charge is 2.36. The van der Waals surface area contributed by atoms with Crippen molar-refractivity contribution in [3.8, 4) is 11.5 Å². The van der Waals surface area contributed by atoms with E-state index in [9.17, 15) is 9.59 Å². The largest absolute Gasteiger partial charge is 0.487 e. The van der Waals surface area contributed by atoms with E-state index >= 15 is 0 Å². The summed E-state index contributed by atoms with van der Waals surface area (Å²) in [6, 6.07) is 21.4. The number of carbonyl (C=O) groups excluding carboxylic acids is 2. The zero-order valence-electron chi connectivity index (χ0n) is 25.5. The van der Waals surface area contributed by atoms with E-state index in [-0.39, 0.29) is 25.3 Å². The molecule has 1 aliphatic rings. The first-order chi connectivity index (χ1) is 22.2. The summed E-state index contributed by atoms with van der Waals surface area (Å²) in [6.45, 7) is 5.08. The van der Waals surface area contributed by atoms with Crippen LogP contribution in [-0.2, 0) is 35.9 Å². The number of hydrogen-bond donors (Lipinski definition) is 0. The molecular weight excluding hydrogens is 631 g/mol. The molecule has 2 aromatic heterocycles. The second-order valence-corrected chi connectivity index (χ2v) is 11.8. The lowest BCUT2D eigenvalue weighted by Gasteiger charge is -2.43. The van der Waals surface area contributed by atoms with Gasteiger partial charge in [0.2, 0.25) is 0 Å². The number of rotatable bonds is 10. The highest BCUT2D eigenvalue weighted by atomic mass is 35.5. The Morgan fingerprint density at radius 2 is 1.17 bits per heavy atom. The van der Waals surface area contributed by atoms with E-state index in [0.29, 0.717) is 59.2 Å². The zero-order valence-corrected chi connectivity index (χ0v) is 27.0. The predicted octanol–water partition coefficient (Wildman–Crippen LogP) is 7.31. The van der Waals surface area contributed by atoms with Crippen molar-refractivity contribution in [3.05, 3.63) is 118 Å². The third-order valence-corrected chi connectivity index (χ3v) is 7.73. The molecule has 5 rings (SSSR count). The van der Waals surface area contributed by atoms with Crippen LogP contribution in [0, 0.1) is 0 Å². The molecular formula is C34H34Cl2N4O6. The van der Waals surface area contributed by atoms with Gasteiger partial charge in [0.05, 0.1) is 35.9 Å². The molecule has 0 aliphatic carbocycles. The quantitative estimate of drug-likeness (QED) is 0.174. The second-order valence-electron chi connectivity index (χ2n) is 10.9. The Morgan fingerprint density at radius 3 is 1.61 bits per heavy atom. The van der Waals surface area contributed by atoms with E-state index in [0.717, 1.165) is 11.1 Å². The number of pyridine rings is 2. The number of halogens is 2. The van der Waals surface area contributed by atoms with Crippen LogP contribution in [0.1, 0.15) is 36.4 Å². The molecule has 0 bridgehead atoms. The van der Waals surface area contributed by atoms with Gasteiger partial charge in [0.15, 0.2) is 0 Å². The molecule has 2 unspecified atom stereocenters.